The second kappa shape index (κ2) is 8.08. The molecule has 0 aromatic heterocycles. The quantitative estimate of drug-likeness (QED) is 0.480. The molecule has 9 nitrogen and oxygen atoms in total. The van der Waals surface area contributed by atoms with Crippen molar-refractivity contribution in [2.24, 2.45) is 0 Å². The molecule has 0 amide bonds. The van der Waals surface area contributed by atoms with E-state index in [-0.39, 0.29) is 0 Å². The normalized spacial score (nSPS) is 33.9. The molecule has 0 bridgehead atoms. The Morgan fingerprint density at radius 1 is 1.23 bits per heavy atom. The highest BCUT2D eigenvalue weighted by Gasteiger charge is 2.47. The summed E-state index contributed by atoms with van der Waals surface area (Å²) in [5, 5.41) is 28.8. The van der Waals surface area contributed by atoms with Crippen molar-refractivity contribution in [2.75, 3.05) is 20.3 Å². The Morgan fingerprint density at radius 2 is 1.82 bits per heavy atom. The lowest BCUT2D eigenvalue weighted by Crippen LogP contribution is -2.60. The van der Waals surface area contributed by atoms with Crippen molar-refractivity contribution in [3.05, 3.63) is 0 Å². The van der Waals surface area contributed by atoms with Crippen LogP contribution in [0.2, 0.25) is 0 Å². The van der Waals surface area contributed by atoms with E-state index in [0.29, 0.717) is 0 Å². The Labute approximate surface area is 141 Å². The van der Waals surface area contributed by atoms with Gasteiger partial charge in [-0.05, 0) is 0 Å². The Balaban J connectivity index is 2.83. The third-order valence-corrected chi connectivity index (χ3v) is 3.84. The molecule has 0 unspecified atom stereocenters. The van der Waals surface area contributed by atoms with E-state index in [1.165, 1.54) is 7.11 Å². The fourth-order valence-corrected chi connectivity index (χ4v) is 2.90. The topological polar surface area (TPSA) is 132 Å². The molecule has 22 heavy (non-hydrogen) atoms. The van der Waals surface area contributed by atoms with Crippen LogP contribution in [-0.2, 0) is 28.2 Å². The summed E-state index contributed by atoms with van der Waals surface area (Å²) in [6.45, 7) is -1.50. The van der Waals surface area contributed by atoms with E-state index >= 15 is 0 Å². The molecule has 0 aliphatic carbocycles. The van der Waals surface area contributed by atoms with Gasteiger partial charge in [0.1, 0.15) is 31.0 Å². The second-order valence-electron chi connectivity index (χ2n) is 4.29. The van der Waals surface area contributed by atoms with Gasteiger partial charge >= 0.3 is 10.4 Å². The Morgan fingerprint density at radius 3 is 2.27 bits per heavy atom. The van der Waals surface area contributed by atoms with Gasteiger partial charge < -0.3 is 24.8 Å². The van der Waals surface area contributed by atoms with Crippen molar-refractivity contribution < 1.29 is 41.6 Å². The van der Waals surface area contributed by atoms with Crippen LogP contribution >= 0.6 is 34.8 Å². The average molecular weight is 406 g/mol. The third kappa shape index (κ3) is 5.87. The van der Waals surface area contributed by atoms with Gasteiger partial charge in [0.05, 0.1) is 6.61 Å². The van der Waals surface area contributed by atoms with Crippen molar-refractivity contribution in [1.29, 1.82) is 0 Å². The van der Waals surface area contributed by atoms with Crippen LogP contribution in [-0.4, -0.2) is 78.6 Å². The molecule has 1 fully saturated rings. The summed E-state index contributed by atoms with van der Waals surface area (Å²) >= 11 is 16.0. The van der Waals surface area contributed by atoms with Crippen LogP contribution in [0.4, 0.5) is 0 Å². The minimum Gasteiger partial charge on any atom is -0.394 e. The molecule has 0 spiro atoms. The van der Waals surface area contributed by atoms with Crippen molar-refractivity contribution in [2.45, 2.75) is 34.5 Å². The molecule has 132 valence electrons. The number of hydrogen-bond acceptors (Lipinski definition) is 9. The monoisotopic (exact) mass is 404 g/mol. The summed E-state index contributed by atoms with van der Waals surface area (Å²) in [5.74, 6) is 0. The lowest BCUT2D eigenvalue weighted by Gasteiger charge is -2.40. The van der Waals surface area contributed by atoms with E-state index in [1.807, 2.05) is 0 Å². The van der Waals surface area contributed by atoms with Crippen LogP contribution in [0.1, 0.15) is 0 Å². The Bertz CT molecular complexity index is 438. The molecule has 13 heteroatoms. The molecule has 5 atom stereocenters. The number of alkyl halides is 3. The third-order valence-electron chi connectivity index (χ3n) is 2.65. The molecule has 0 aromatic rings. The van der Waals surface area contributed by atoms with Gasteiger partial charge in [0, 0.05) is 7.11 Å². The zero-order valence-electron chi connectivity index (χ0n) is 11.1. The van der Waals surface area contributed by atoms with Gasteiger partial charge in [0.2, 0.25) is 3.79 Å². The van der Waals surface area contributed by atoms with Crippen LogP contribution in [0.5, 0.6) is 0 Å². The van der Waals surface area contributed by atoms with E-state index in [2.05, 4.69) is 8.37 Å². The molecule has 1 rings (SSSR count). The molecular weight excluding hydrogens is 391 g/mol. The van der Waals surface area contributed by atoms with Crippen molar-refractivity contribution in [3.8, 4) is 0 Å². The minimum atomic E-state index is -4.71. The van der Waals surface area contributed by atoms with Crippen LogP contribution < -0.4 is 0 Å². The van der Waals surface area contributed by atoms with Gasteiger partial charge in [-0.1, -0.05) is 34.8 Å². The molecule has 1 aliphatic rings. The fourth-order valence-electron chi connectivity index (χ4n) is 1.66. The van der Waals surface area contributed by atoms with E-state index < -0.39 is 58.1 Å². The largest absolute Gasteiger partial charge is 0.400 e. The lowest BCUT2D eigenvalue weighted by molar-refractivity contribution is -0.290. The zero-order valence-corrected chi connectivity index (χ0v) is 14.2. The molecule has 0 saturated carbocycles. The minimum absolute atomic E-state index is 0.664. The first-order valence-electron chi connectivity index (χ1n) is 5.80. The Kier molecular flexibility index (Phi) is 7.56. The SMILES string of the molecule is CO[C@@H]1O[C@H](CO)[C@H](O)[C@H](OS(=O)(=O)OCC(Cl)(Cl)Cl)[C@H]1O. The maximum Gasteiger partial charge on any atom is 0.400 e. The zero-order chi connectivity index (χ0) is 17.1. The van der Waals surface area contributed by atoms with Crippen LogP contribution in [0.25, 0.3) is 0 Å². The summed E-state index contributed by atoms with van der Waals surface area (Å²) in [6.07, 6.45) is -7.61. The highest BCUT2D eigenvalue weighted by Crippen LogP contribution is 2.29. The molecule has 1 heterocycles. The summed E-state index contributed by atoms with van der Waals surface area (Å²) in [6, 6.07) is 0. The molecular formula is C9H15Cl3O9S. The molecule has 1 saturated heterocycles. The maximum absolute atomic E-state index is 11.6. The van der Waals surface area contributed by atoms with E-state index in [0.717, 1.165) is 0 Å². The molecule has 3 N–H and O–H groups in total. The summed E-state index contributed by atoms with van der Waals surface area (Å²) < 4.78 is 39.9. The van der Waals surface area contributed by atoms with Gasteiger partial charge in [-0.3, -0.25) is 0 Å². The number of rotatable bonds is 6. The first-order chi connectivity index (χ1) is 10.0. The number of halogens is 3. The van der Waals surface area contributed by atoms with Gasteiger partial charge in [0.15, 0.2) is 6.29 Å². The number of hydrogen-bond donors (Lipinski definition) is 3. The predicted octanol–water partition coefficient (Wildman–Crippen LogP) is -0.911. The van der Waals surface area contributed by atoms with Crippen LogP contribution in [0, 0.1) is 0 Å². The summed E-state index contributed by atoms with van der Waals surface area (Å²) in [5.41, 5.74) is 0. The smallest absolute Gasteiger partial charge is 0.394 e. The van der Waals surface area contributed by atoms with Gasteiger partial charge in [0.25, 0.3) is 0 Å². The number of aliphatic hydroxyl groups is 3. The number of ether oxygens (including phenoxy) is 2. The molecule has 0 aromatic carbocycles. The van der Waals surface area contributed by atoms with E-state index in [9.17, 15) is 18.6 Å². The first kappa shape index (κ1) is 20.6. The number of methoxy groups -OCH3 is 1. The van der Waals surface area contributed by atoms with Crippen molar-refractivity contribution in [1.82, 2.24) is 0 Å². The van der Waals surface area contributed by atoms with E-state index in [1.54, 1.807) is 0 Å². The fraction of sp³-hybridized carbons (Fsp3) is 1.00. The molecule has 1 aliphatic heterocycles. The van der Waals surface area contributed by atoms with Gasteiger partial charge in [-0.2, -0.15) is 8.42 Å². The van der Waals surface area contributed by atoms with Crippen molar-refractivity contribution >= 4 is 45.2 Å². The van der Waals surface area contributed by atoms with Crippen molar-refractivity contribution in [3.63, 3.8) is 0 Å². The lowest BCUT2D eigenvalue weighted by atomic mass is 9.99. The second-order valence-corrected chi connectivity index (χ2v) is 8.05. The predicted molar refractivity (Wildman–Crippen MR) is 74.8 cm³/mol. The van der Waals surface area contributed by atoms with Crippen LogP contribution in [0.3, 0.4) is 0 Å². The summed E-state index contributed by atoms with van der Waals surface area (Å²) in [4.78, 5) is 0. The van der Waals surface area contributed by atoms with Gasteiger partial charge in [-0.15, -0.1) is 0 Å². The Hall–Kier alpha value is 0.540. The number of aliphatic hydroxyl groups excluding tert-OH is 3. The van der Waals surface area contributed by atoms with Crippen LogP contribution in [0.15, 0.2) is 0 Å². The maximum atomic E-state index is 11.6. The summed E-state index contributed by atoms with van der Waals surface area (Å²) in [7, 11) is -3.54. The standard InChI is InChI=1S/C9H15Cl3O9S/c1-18-8-6(15)7(5(14)4(2-13)20-8)21-22(16,17)19-3-9(10,11)12/h4-8,13-15H,2-3H2,1H3/t4-,5+,6-,7+,8-/m1/s1. The molecule has 0 radical (unpaired) electrons. The van der Waals surface area contributed by atoms with Gasteiger partial charge in [-0.25, -0.2) is 8.37 Å². The van der Waals surface area contributed by atoms with E-state index in [4.69, 9.17) is 49.4 Å². The first-order valence-corrected chi connectivity index (χ1v) is 8.27. The highest BCUT2D eigenvalue weighted by atomic mass is 35.6. The average Bonchev–Trinajstić information content (AvgIpc) is 2.41. The highest BCUT2D eigenvalue weighted by molar-refractivity contribution is 7.81.